The minimum atomic E-state index is 0.977. The van der Waals surface area contributed by atoms with Gasteiger partial charge in [-0.05, 0) is 122 Å². The molecule has 0 amide bonds. The van der Waals surface area contributed by atoms with Crippen molar-refractivity contribution < 1.29 is 0 Å². The minimum Gasteiger partial charge on any atom is -0.0654 e. The molecule has 0 aliphatic heterocycles. The summed E-state index contributed by atoms with van der Waals surface area (Å²) < 4.78 is 0. The highest BCUT2D eigenvalue weighted by molar-refractivity contribution is 5.02. The zero-order valence-electron chi connectivity index (χ0n) is 24.4. The highest BCUT2D eigenvalue weighted by Crippen LogP contribution is 2.61. The van der Waals surface area contributed by atoms with Gasteiger partial charge in [0.2, 0.25) is 0 Å². The van der Waals surface area contributed by atoms with Crippen LogP contribution in [0.4, 0.5) is 0 Å². The summed E-state index contributed by atoms with van der Waals surface area (Å²) >= 11 is 0. The zero-order valence-corrected chi connectivity index (χ0v) is 24.4. The molecule has 6 aliphatic carbocycles. The van der Waals surface area contributed by atoms with Crippen molar-refractivity contribution in [3.8, 4) is 0 Å². The SMILES string of the molecule is CC1C2C(CCC3CCCCC32)CC2CCC3CCCCC3C21.CCCC(C)C1CCCCC1C. The van der Waals surface area contributed by atoms with Gasteiger partial charge in [0.25, 0.3) is 0 Å². The predicted octanol–water partition coefficient (Wildman–Crippen LogP) is 10.9. The second-order valence-electron chi connectivity index (χ2n) is 15.0. The molecule has 35 heavy (non-hydrogen) atoms. The molecule has 0 radical (unpaired) electrons. The number of hydrogen-bond donors (Lipinski definition) is 0. The molecule has 0 aromatic rings. The Labute approximate surface area is 220 Å². The molecule has 0 heterocycles. The maximum absolute atomic E-state index is 2.74. The van der Waals surface area contributed by atoms with Crippen molar-refractivity contribution in [2.75, 3.05) is 0 Å². The van der Waals surface area contributed by atoms with Crippen molar-refractivity contribution in [3.63, 3.8) is 0 Å². The van der Waals surface area contributed by atoms with Crippen LogP contribution in [0.3, 0.4) is 0 Å². The third-order valence-corrected chi connectivity index (χ3v) is 13.3. The van der Waals surface area contributed by atoms with Gasteiger partial charge in [0, 0.05) is 0 Å². The lowest BCUT2D eigenvalue weighted by molar-refractivity contribution is -0.103. The Morgan fingerprint density at radius 1 is 0.571 bits per heavy atom. The summed E-state index contributed by atoms with van der Waals surface area (Å²) in [5, 5.41) is 0. The maximum atomic E-state index is 2.74. The van der Waals surface area contributed by atoms with E-state index in [1.807, 2.05) is 0 Å². The molecule has 0 heteroatoms. The molecular weight excluding hydrogens is 420 g/mol. The van der Waals surface area contributed by atoms with Crippen LogP contribution in [0.1, 0.15) is 150 Å². The van der Waals surface area contributed by atoms with Crippen LogP contribution in [-0.2, 0) is 0 Å². The summed E-state index contributed by atoms with van der Waals surface area (Å²) in [5.41, 5.74) is 0. The third-order valence-electron chi connectivity index (χ3n) is 13.3. The molecule has 0 spiro atoms. The molecule has 11 atom stereocenters. The Kier molecular flexibility index (Phi) is 9.30. The molecule has 0 aromatic heterocycles. The summed E-state index contributed by atoms with van der Waals surface area (Å²) in [5.74, 6) is 13.2. The van der Waals surface area contributed by atoms with E-state index in [0.29, 0.717) is 0 Å². The van der Waals surface area contributed by atoms with Crippen LogP contribution in [0.5, 0.6) is 0 Å². The van der Waals surface area contributed by atoms with Crippen LogP contribution in [0, 0.1) is 71.0 Å². The predicted molar refractivity (Wildman–Crippen MR) is 152 cm³/mol. The first-order valence-electron chi connectivity index (χ1n) is 17.1. The van der Waals surface area contributed by atoms with Gasteiger partial charge >= 0.3 is 0 Å². The average Bonchev–Trinajstić information content (AvgIpc) is 2.89. The van der Waals surface area contributed by atoms with E-state index in [2.05, 4.69) is 27.7 Å². The zero-order chi connectivity index (χ0) is 24.4. The molecule has 11 unspecified atom stereocenters. The van der Waals surface area contributed by atoms with Crippen molar-refractivity contribution in [1.82, 2.24) is 0 Å². The van der Waals surface area contributed by atoms with E-state index < -0.39 is 0 Å². The van der Waals surface area contributed by atoms with Gasteiger partial charge in [0.05, 0.1) is 0 Å². The van der Waals surface area contributed by atoms with Gasteiger partial charge in [-0.1, -0.05) is 98.3 Å². The number of hydrogen-bond acceptors (Lipinski definition) is 0. The van der Waals surface area contributed by atoms with E-state index in [1.165, 1.54) is 38.5 Å². The Morgan fingerprint density at radius 3 is 1.60 bits per heavy atom. The Hall–Kier alpha value is 0. The lowest BCUT2D eigenvalue weighted by Crippen LogP contribution is -2.52. The topological polar surface area (TPSA) is 0 Å². The van der Waals surface area contributed by atoms with E-state index in [4.69, 9.17) is 0 Å². The standard InChI is InChI=1S/C23H38.C12H24/c1-15-22-18(12-10-16-6-2-4-8-20(16)22)14-19-13-11-17-7-3-5-9-21(17)23(15)19;1-4-7-10(2)12-9-6-5-8-11(12)3/h15-23H,2-14H2,1H3;10-12H,4-9H2,1-3H3. The van der Waals surface area contributed by atoms with Gasteiger partial charge in [0.1, 0.15) is 0 Å². The van der Waals surface area contributed by atoms with E-state index in [-0.39, 0.29) is 0 Å². The summed E-state index contributed by atoms with van der Waals surface area (Å²) in [6.45, 7) is 9.96. The van der Waals surface area contributed by atoms with Crippen molar-refractivity contribution in [3.05, 3.63) is 0 Å². The van der Waals surface area contributed by atoms with Gasteiger partial charge in [-0.3, -0.25) is 0 Å². The Morgan fingerprint density at radius 2 is 1.06 bits per heavy atom. The van der Waals surface area contributed by atoms with Gasteiger partial charge in [-0.25, -0.2) is 0 Å². The summed E-state index contributed by atoms with van der Waals surface area (Å²) in [4.78, 5) is 0. The molecule has 6 saturated carbocycles. The first-order chi connectivity index (χ1) is 17.1. The highest BCUT2D eigenvalue weighted by atomic mass is 14.6. The summed E-state index contributed by atoms with van der Waals surface area (Å²) in [6, 6.07) is 0. The van der Waals surface area contributed by atoms with E-state index in [0.717, 1.165) is 71.0 Å². The fourth-order valence-corrected chi connectivity index (χ4v) is 11.8. The second kappa shape index (κ2) is 12.2. The van der Waals surface area contributed by atoms with Gasteiger partial charge < -0.3 is 0 Å². The fourth-order valence-electron chi connectivity index (χ4n) is 11.8. The molecule has 0 bridgehead atoms. The van der Waals surface area contributed by atoms with Gasteiger partial charge in [0.15, 0.2) is 0 Å². The smallest absolute Gasteiger partial charge is 0.0326 e. The van der Waals surface area contributed by atoms with Crippen molar-refractivity contribution >= 4 is 0 Å². The van der Waals surface area contributed by atoms with Crippen molar-refractivity contribution in [2.24, 2.45) is 71.0 Å². The monoisotopic (exact) mass is 482 g/mol. The molecular formula is C35H62. The van der Waals surface area contributed by atoms with Crippen LogP contribution in [-0.4, -0.2) is 0 Å². The van der Waals surface area contributed by atoms with Crippen LogP contribution in [0.2, 0.25) is 0 Å². The molecule has 6 rings (SSSR count). The molecule has 0 aromatic carbocycles. The van der Waals surface area contributed by atoms with Crippen LogP contribution >= 0.6 is 0 Å². The molecule has 202 valence electrons. The number of fused-ring (bicyclic) bond motifs is 6. The first-order valence-corrected chi connectivity index (χ1v) is 17.1. The summed E-state index contributed by atoms with van der Waals surface area (Å²) in [7, 11) is 0. The summed E-state index contributed by atoms with van der Waals surface area (Å²) in [6.07, 6.45) is 29.4. The number of rotatable bonds is 3. The molecule has 6 fully saturated rings. The van der Waals surface area contributed by atoms with Crippen LogP contribution in [0.25, 0.3) is 0 Å². The quantitative estimate of drug-likeness (QED) is 0.375. The second-order valence-corrected chi connectivity index (χ2v) is 15.0. The Balaban J connectivity index is 0.000000180. The van der Waals surface area contributed by atoms with Crippen molar-refractivity contribution in [1.29, 1.82) is 0 Å². The van der Waals surface area contributed by atoms with E-state index >= 15 is 0 Å². The third kappa shape index (κ3) is 5.72. The van der Waals surface area contributed by atoms with Crippen LogP contribution < -0.4 is 0 Å². The van der Waals surface area contributed by atoms with Gasteiger partial charge in [-0.15, -0.1) is 0 Å². The largest absolute Gasteiger partial charge is 0.0654 e. The molecule has 0 N–H and O–H groups in total. The van der Waals surface area contributed by atoms with E-state index in [9.17, 15) is 0 Å². The normalized spacial score (nSPS) is 48.2. The minimum absolute atomic E-state index is 0.977. The highest BCUT2D eigenvalue weighted by Gasteiger charge is 2.53. The molecule has 6 aliphatic rings. The van der Waals surface area contributed by atoms with Gasteiger partial charge in [-0.2, -0.15) is 0 Å². The molecule has 0 nitrogen and oxygen atoms in total. The Bertz CT molecular complexity index is 598. The van der Waals surface area contributed by atoms with E-state index in [1.54, 1.807) is 83.5 Å². The lowest BCUT2D eigenvalue weighted by atomic mass is 9.46. The van der Waals surface area contributed by atoms with Crippen molar-refractivity contribution in [2.45, 2.75) is 150 Å². The van der Waals surface area contributed by atoms with Crippen LogP contribution in [0.15, 0.2) is 0 Å². The average molecular weight is 483 g/mol. The maximum Gasteiger partial charge on any atom is -0.0326 e. The first kappa shape index (κ1) is 26.6. The molecule has 0 saturated heterocycles. The lowest BCUT2D eigenvalue weighted by Gasteiger charge is -2.59. The fraction of sp³-hybridized carbons (Fsp3) is 1.00.